The molecule has 0 atom stereocenters. The van der Waals surface area contributed by atoms with Gasteiger partial charge in [-0.2, -0.15) is 8.42 Å². The highest BCUT2D eigenvalue weighted by atomic mass is 35.5. The second kappa shape index (κ2) is 10.3. The number of anilines is 1. The van der Waals surface area contributed by atoms with Gasteiger partial charge in [0.2, 0.25) is 0 Å². The van der Waals surface area contributed by atoms with E-state index in [1.54, 1.807) is 42.5 Å². The number of azo groups is 1. The Hall–Kier alpha value is -3.70. The Kier molecular flexibility index (Phi) is 7.37. The highest BCUT2D eigenvalue weighted by molar-refractivity contribution is 7.85. The molecule has 0 radical (unpaired) electrons. The van der Waals surface area contributed by atoms with E-state index in [1.807, 2.05) is 0 Å². The molecular formula is C25H19Cl2N3O6S. The molecule has 0 heterocycles. The Balaban J connectivity index is 1.83. The van der Waals surface area contributed by atoms with E-state index in [9.17, 15) is 22.9 Å². The number of hydrogen-bond donors (Lipinski definition) is 3. The first-order valence-electron chi connectivity index (χ1n) is 10.6. The number of phenols is 1. The van der Waals surface area contributed by atoms with E-state index in [2.05, 4.69) is 15.5 Å². The van der Waals surface area contributed by atoms with E-state index in [4.69, 9.17) is 27.9 Å². The van der Waals surface area contributed by atoms with Gasteiger partial charge in [-0.3, -0.25) is 9.35 Å². The standard InChI is InChI=1S/C25H19Cl2N3O6S/c1-13-20(37(33,34)35)11-10-17(26)22(13)29-30-23-15-7-4-3-6-14(15)12-16(24(23)31)25(32)28-18-8-5-9-19(36-2)21(18)27/h3-12,31H,1-2H3,(H,28,32)(H,33,34,35). The minimum absolute atomic E-state index is 0.0294. The van der Waals surface area contributed by atoms with Crippen LogP contribution in [0.1, 0.15) is 15.9 Å². The number of methoxy groups -OCH3 is 1. The number of carbonyl (C=O) groups is 1. The average molecular weight is 560 g/mol. The second-order valence-electron chi connectivity index (χ2n) is 7.81. The Morgan fingerprint density at radius 1 is 1.00 bits per heavy atom. The summed E-state index contributed by atoms with van der Waals surface area (Å²) in [5, 5.41) is 23.2. The van der Waals surface area contributed by atoms with Gasteiger partial charge in [-0.15, -0.1) is 10.2 Å². The number of amides is 1. The Morgan fingerprint density at radius 2 is 1.70 bits per heavy atom. The number of rotatable bonds is 6. The van der Waals surface area contributed by atoms with Gasteiger partial charge in [-0.1, -0.05) is 53.5 Å². The van der Waals surface area contributed by atoms with E-state index >= 15 is 0 Å². The highest BCUT2D eigenvalue weighted by Gasteiger charge is 2.21. The first kappa shape index (κ1) is 26.4. The predicted molar refractivity (Wildman–Crippen MR) is 142 cm³/mol. The van der Waals surface area contributed by atoms with Gasteiger partial charge in [0.25, 0.3) is 16.0 Å². The van der Waals surface area contributed by atoms with Gasteiger partial charge < -0.3 is 15.2 Å². The molecule has 4 rings (SSSR count). The van der Waals surface area contributed by atoms with Crippen LogP contribution in [0.15, 0.2) is 75.8 Å². The molecule has 0 aliphatic heterocycles. The fourth-order valence-corrected chi connectivity index (χ4v) is 4.91. The third-order valence-corrected chi connectivity index (χ3v) is 7.22. The fraction of sp³-hybridized carbons (Fsp3) is 0.0800. The Labute approximate surface area is 222 Å². The van der Waals surface area contributed by atoms with Crippen LogP contribution in [0.2, 0.25) is 10.0 Å². The van der Waals surface area contributed by atoms with Crippen molar-refractivity contribution in [3.05, 3.63) is 81.8 Å². The number of ether oxygens (including phenoxy) is 1. The third-order valence-electron chi connectivity index (χ3n) is 5.53. The minimum Gasteiger partial charge on any atom is -0.505 e. The van der Waals surface area contributed by atoms with Crippen molar-refractivity contribution in [1.82, 2.24) is 0 Å². The fourth-order valence-electron chi connectivity index (χ4n) is 3.70. The summed E-state index contributed by atoms with van der Waals surface area (Å²) in [4.78, 5) is 12.8. The largest absolute Gasteiger partial charge is 0.505 e. The number of hydrogen-bond acceptors (Lipinski definition) is 7. The van der Waals surface area contributed by atoms with Gasteiger partial charge in [0, 0.05) is 5.39 Å². The summed E-state index contributed by atoms with van der Waals surface area (Å²) in [6.07, 6.45) is 0. The van der Waals surface area contributed by atoms with Crippen molar-refractivity contribution in [2.45, 2.75) is 11.8 Å². The molecule has 0 saturated heterocycles. The molecule has 0 fully saturated rings. The molecular weight excluding hydrogens is 541 g/mol. The van der Waals surface area contributed by atoms with Crippen LogP contribution in [0.25, 0.3) is 10.8 Å². The lowest BCUT2D eigenvalue weighted by Crippen LogP contribution is -2.12. The Morgan fingerprint density at radius 3 is 2.41 bits per heavy atom. The molecule has 4 aromatic carbocycles. The van der Waals surface area contributed by atoms with Gasteiger partial charge in [-0.05, 0) is 48.2 Å². The number of benzene rings is 4. The zero-order valence-corrected chi connectivity index (χ0v) is 21.7. The van der Waals surface area contributed by atoms with Crippen molar-refractivity contribution in [1.29, 1.82) is 0 Å². The number of nitrogens with zero attached hydrogens (tertiary/aromatic N) is 2. The topological polar surface area (TPSA) is 138 Å². The molecule has 1 amide bonds. The van der Waals surface area contributed by atoms with Crippen molar-refractivity contribution in [3.8, 4) is 11.5 Å². The number of phenolic OH excluding ortho intramolecular Hbond substituents is 1. The van der Waals surface area contributed by atoms with E-state index in [1.165, 1.54) is 26.2 Å². The molecule has 0 aromatic heterocycles. The van der Waals surface area contributed by atoms with Gasteiger partial charge in [0.1, 0.15) is 22.1 Å². The molecule has 190 valence electrons. The number of aromatic hydroxyl groups is 1. The quantitative estimate of drug-likeness (QED) is 0.170. The predicted octanol–water partition coefficient (Wildman–Crippen LogP) is 7.08. The summed E-state index contributed by atoms with van der Waals surface area (Å²) in [5.74, 6) is -0.785. The highest BCUT2D eigenvalue weighted by Crippen LogP contribution is 2.42. The minimum atomic E-state index is -4.54. The molecule has 0 aliphatic carbocycles. The van der Waals surface area contributed by atoms with E-state index in [0.29, 0.717) is 16.5 Å². The van der Waals surface area contributed by atoms with Crippen molar-refractivity contribution in [2.24, 2.45) is 10.2 Å². The molecule has 0 aliphatic rings. The van der Waals surface area contributed by atoms with Crippen molar-refractivity contribution >= 4 is 67.1 Å². The van der Waals surface area contributed by atoms with Crippen molar-refractivity contribution in [2.75, 3.05) is 12.4 Å². The number of carbonyl (C=O) groups excluding carboxylic acids is 1. The van der Waals surface area contributed by atoms with Crippen molar-refractivity contribution < 1.29 is 27.6 Å². The van der Waals surface area contributed by atoms with Crippen LogP contribution in [0, 0.1) is 6.92 Å². The van der Waals surface area contributed by atoms with Gasteiger partial charge in [0.05, 0.1) is 28.3 Å². The van der Waals surface area contributed by atoms with Crippen LogP contribution in [0.3, 0.4) is 0 Å². The first-order chi connectivity index (χ1) is 17.5. The van der Waals surface area contributed by atoms with Crippen LogP contribution in [-0.4, -0.2) is 31.1 Å². The van der Waals surface area contributed by atoms with Crippen LogP contribution < -0.4 is 10.1 Å². The number of fused-ring (bicyclic) bond motifs is 1. The Bertz CT molecular complexity index is 1690. The lowest BCUT2D eigenvalue weighted by Gasteiger charge is -2.13. The van der Waals surface area contributed by atoms with Gasteiger partial charge in [0.15, 0.2) is 5.75 Å². The summed E-state index contributed by atoms with van der Waals surface area (Å²) >= 11 is 12.5. The lowest BCUT2D eigenvalue weighted by molar-refractivity contribution is 0.102. The third kappa shape index (κ3) is 5.23. The maximum Gasteiger partial charge on any atom is 0.294 e. The average Bonchev–Trinajstić information content (AvgIpc) is 2.85. The molecule has 9 nitrogen and oxygen atoms in total. The van der Waals surface area contributed by atoms with Crippen LogP contribution in [-0.2, 0) is 10.1 Å². The monoisotopic (exact) mass is 559 g/mol. The van der Waals surface area contributed by atoms with Crippen molar-refractivity contribution in [3.63, 3.8) is 0 Å². The van der Waals surface area contributed by atoms with Gasteiger partial charge in [-0.25, -0.2) is 0 Å². The second-order valence-corrected chi connectivity index (χ2v) is 9.99. The zero-order chi connectivity index (χ0) is 26.9. The number of halogens is 2. The molecule has 3 N–H and O–H groups in total. The summed E-state index contributed by atoms with van der Waals surface area (Å²) in [7, 11) is -3.09. The summed E-state index contributed by atoms with van der Waals surface area (Å²) in [5.41, 5.74) is 0.141. The molecule has 0 spiro atoms. The normalized spacial score (nSPS) is 11.7. The first-order valence-corrected chi connectivity index (χ1v) is 12.8. The maximum absolute atomic E-state index is 13.2. The van der Waals surface area contributed by atoms with E-state index in [0.717, 1.165) is 6.07 Å². The van der Waals surface area contributed by atoms with Crippen LogP contribution in [0.5, 0.6) is 11.5 Å². The summed E-state index contributed by atoms with van der Waals surface area (Å²) in [6.45, 7) is 1.41. The van der Waals surface area contributed by atoms with Crippen LogP contribution >= 0.6 is 23.2 Å². The number of nitrogens with one attached hydrogen (secondary N) is 1. The van der Waals surface area contributed by atoms with Gasteiger partial charge >= 0.3 is 0 Å². The molecule has 0 saturated carbocycles. The summed E-state index contributed by atoms with van der Waals surface area (Å²) in [6, 6.07) is 15.6. The molecule has 4 aromatic rings. The molecule has 37 heavy (non-hydrogen) atoms. The van der Waals surface area contributed by atoms with E-state index in [-0.39, 0.29) is 43.1 Å². The zero-order valence-electron chi connectivity index (χ0n) is 19.4. The SMILES string of the molecule is COc1cccc(NC(=O)c2cc3ccccc3c(N=Nc3c(Cl)ccc(S(=O)(=O)O)c3C)c2O)c1Cl. The molecule has 12 heteroatoms. The summed E-state index contributed by atoms with van der Waals surface area (Å²) < 4.78 is 38.0. The molecule has 0 bridgehead atoms. The molecule has 0 unspecified atom stereocenters. The maximum atomic E-state index is 13.2. The van der Waals surface area contributed by atoms with E-state index < -0.39 is 21.8 Å². The lowest BCUT2D eigenvalue weighted by atomic mass is 10.0. The smallest absolute Gasteiger partial charge is 0.294 e. The van der Waals surface area contributed by atoms with Crippen LogP contribution in [0.4, 0.5) is 17.1 Å².